The third kappa shape index (κ3) is 3.89. The van der Waals surface area contributed by atoms with Gasteiger partial charge in [-0.2, -0.15) is 9.61 Å². The molecule has 0 aromatic carbocycles. The fraction of sp³-hybridized carbons (Fsp3) is 0.292. The monoisotopic (exact) mass is 456 g/mol. The lowest BCUT2D eigenvalue weighted by molar-refractivity contribution is -0.145. The van der Waals surface area contributed by atoms with Crippen LogP contribution < -0.4 is 11.2 Å². The first kappa shape index (κ1) is 22.0. The zero-order valence-electron chi connectivity index (χ0n) is 18.3. The lowest BCUT2D eigenvalue weighted by Gasteiger charge is -2.30. The van der Waals surface area contributed by atoms with Crippen molar-refractivity contribution >= 4 is 30.7 Å². The maximum absolute atomic E-state index is 13.9. The third-order valence-electron chi connectivity index (χ3n) is 6.56. The van der Waals surface area contributed by atoms with Gasteiger partial charge in [0.2, 0.25) is 0 Å². The van der Waals surface area contributed by atoms with Crippen molar-refractivity contribution in [3.63, 3.8) is 0 Å². The van der Waals surface area contributed by atoms with E-state index < -0.39 is 18.1 Å². The van der Waals surface area contributed by atoms with Crippen LogP contribution in [0.2, 0.25) is 0 Å². The molecule has 1 atom stereocenters. The smallest absolute Gasteiger partial charge is 0.338 e. The molecule has 0 spiro atoms. The van der Waals surface area contributed by atoms with Crippen molar-refractivity contribution in [3.05, 3.63) is 54.6 Å². The van der Waals surface area contributed by atoms with E-state index in [1.807, 2.05) is 30.3 Å². The Bertz CT molecular complexity index is 1340. The van der Waals surface area contributed by atoms with Gasteiger partial charge in [0.15, 0.2) is 11.8 Å². The van der Waals surface area contributed by atoms with Gasteiger partial charge in [-0.15, -0.1) is 0 Å². The van der Waals surface area contributed by atoms with Crippen molar-refractivity contribution in [1.29, 1.82) is 0 Å². The summed E-state index contributed by atoms with van der Waals surface area (Å²) in [5.74, 6) is -1.64. The second-order valence-electron chi connectivity index (χ2n) is 8.59. The molecule has 0 bridgehead atoms. The SMILES string of the molecule is [B]c1c(C2CCC(C(F)C(=O)O)CC2)nc2c(-c3ccc(-c4ccccn4)nc3)cnn2c1N. The van der Waals surface area contributed by atoms with E-state index in [2.05, 4.69) is 15.1 Å². The van der Waals surface area contributed by atoms with Crippen LogP contribution in [0.15, 0.2) is 48.9 Å². The van der Waals surface area contributed by atoms with Crippen molar-refractivity contribution in [1.82, 2.24) is 24.6 Å². The molecule has 4 aromatic rings. The normalized spacial score (nSPS) is 19.2. The molecule has 170 valence electrons. The van der Waals surface area contributed by atoms with E-state index in [1.165, 1.54) is 4.52 Å². The Morgan fingerprint density at radius 2 is 1.88 bits per heavy atom. The summed E-state index contributed by atoms with van der Waals surface area (Å²) in [5.41, 5.74) is 11.0. The molecule has 0 aliphatic heterocycles. The molecule has 8 nitrogen and oxygen atoms in total. The molecular formula is C24H22BFN6O2. The Kier molecular flexibility index (Phi) is 5.73. The first-order valence-electron chi connectivity index (χ1n) is 11.1. The van der Waals surface area contributed by atoms with Crippen LogP contribution in [0.25, 0.3) is 28.2 Å². The molecule has 4 heterocycles. The van der Waals surface area contributed by atoms with Crippen molar-refractivity contribution in [2.45, 2.75) is 37.8 Å². The number of carbonyl (C=O) groups is 1. The summed E-state index contributed by atoms with van der Waals surface area (Å²) >= 11 is 0. The third-order valence-corrected chi connectivity index (χ3v) is 6.56. The Morgan fingerprint density at radius 1 is 1.12 bits per heavy atom. The lowest BCUT2D eigenvalue weighted by atomic mass is 9.75. The average molecular weight is 456 g/mol. The van der Waals surface area contributed by atoms with Crippen molar-refractivity contribution in [2.24, 2.45) is 5.92 Å². The molecule has 2 radical (unpaired) electrons. The van der Waals surface area contributed by atoms with Gasteiger partial charge in [-0.05, 0) is 49.3 Å². The van der Waals surface area contributed by atoms with Gasteiger partial charge in [0, 0.05) is 41.1 Å². The largest absolute Gasteiger partial charge is 0.479 e. The van der Waals surface area contributed by atoms with E-state index in [0.717, 1.165) is 22.5 Å². The van der Waals surface area contributed by atoms with Gasteiger partial charge in [0.1, 0.15) is 13.7 Å². The zero-order valence-corrected chi connectivity index (χ0v) is 18.3. The highest BCUT2D eigenvalue weighted by Gasteiger charge is 2.33. The number of rotatable bonds is 5. The molecule has 3 N–H and O–H groups in total. The quantitative estimate of drug-likeness (QED) is 0.443. The summed E-state index contributed by atoms with van der Waals surface area (Å²) < 4.78 is 15.5. The van der Waals surface area contributed by atoms with Gasteiger partial charge in [-0.1, -0.05) is 12.1 Å². The number of anilines is 1. The summed E-state index contributed by atoms with van der Waals surface area (Å²) in [6.45, 7) is 0. The van der Waals surface area contributed by atoms with Crippen molar-refractivity contribution in [2.75, 3.05) is 5.73 Å². The summed E-state index contributed by atoms with van der Waals surface area (Å²) in [6, 6.07) is 9.47. The fourth-order valence-electron chi connectivity index (χ4n) is 4.67. The minimum absolute atomic E-state index is 0.0306. The van der Waals surface area contributed by atoms with Gasteiger partial charge < -0.3 is 10.8 Å². The van der Waals surface area contributed by atoms with Crippen LogP contribution in [-0.4, -0.2) is 49.7 Å². The number of carboxylic acids is 1. The van der Waals surface area contributed by atoms with Gasteiger partial charge in [0.05, 0.1) is 17.6 Å². The van der Waals surface area contributed by atoms with E-state index in [4.69, 9.17) is 23.7 Å². The van der Waals surface area contributed by atoms with E-state index in [0.29, 0.717) is 48.3 Å². The molecule has 0 saturated heterocycles. The predicted molar refractivity (Wildman–Crippen MR) is 126 cm³/mol. The lowest BCUT2D eigenvalue weighted by Crippen LogP contribution is -2.31. The van der Waals surface area contributed by atoms with Crippen LogP contribution >= 0.6 is 0 Å². The first-order valence-corrected chi connectivity index (χ1v) is 11.1. The maximum atomic E-state index is 13.9. The molecular weight excluding hydrogens is 434 g/mol. The van der Waals surface area contributed by atoms with Crippen LogP contribution in [0.3, 0.4) is 0 Å². The minimum atomic E-state index is -1.85. The van der Waals surface area contributed by atoms with Crippen LogP contribution in [0.1, 0.15) is 37.3 Å². The number of nitrogens with two attached hydrogens (primary N) is 1. The number of hydrogen-bond donors (Lipinski definition) is 2. The van der Waals surface area contributed by atoms with E-state index in [1.54, 1.807) is 18.6 Å². The summed E-state index contributed by atoms with van der Waals surface area (Å²) in [4.78, 5) is 24.7. The number of fused-ring (bicyclic) bond motifs is 1. The molecule has 4 aromatic heterocycles. The van der Waals surface area contributed by atoms with Crippen molar-refractivity contribution in [3.8, 4) is 22.5 Å². The zero-order chi connectivity index (χ0) is 23.8. The molecule has 34 heavy (non-hydrogen) atoms. The molecule has 5 rings (SSSR count). The van der Waals surface area contributed by atoms with Gasteiger partial charge in [0.25, 0.3) is 0 Å². The summed E-state index contributed by atoms with van der Waals surface area (Å²) in [6.07, 6.45) is 5.39. The molecule has 1 aliphatic rings. The predicted octanol–water partition coefficient (Wildman–Crippen LogP) is 2.93. The highest BCUT2D eigenvalue weighted by Crippen LogP contribution is 2.38. The number of hydrogen-bond acceptors (Lipinski definition) is 6. The Balaban J connectivity index is 1.46. The highest BCUT2D eigenvalue weighted by molar-refractivity contribution is 6.36. The molecule has 1 unspecified atom stereocenters. The molecule has 0 amide bonds. The minimum Gasteiger partial charge on any atom is -0.479 e. The highest BCUT2D eigenvalue weighted by atomic mass is 19.1. The number of aliphatic carboxylic acids is 1. The molecule has 1 saturated carbocycles. The number of halogens is 1. The second-order valence-corrected chi connectivity index (χ2v) is 8.59. The Morgan fingerprint density at radius 3 is 2.53 bits per heavy atom. The van der Waals surface area contributed by atoms with Crippen LogP contribution in [0, 0.1) is 5.92 Å². The first-order chi connectivity index (χ1) is 16.4. The average Bonchev–Trinajstić information content (AvgIpc) is 3.30. The number of carboxylic acid groups (broad SMARTS) is 1. The molecule has 1 fully saturated rings. The number of alkyl halides is 1. The molecule has 1 aliphatic carbocycles. The summed E-state index contributed by atoms with van der Waals surface area (Å²) in [5, 5.41) is 13.3. The van der Waals surface area contributed by atoms with Crippen molar-refractivity contribution < 1.29 is 14.3 Å². The van der Waals surface area contributed by atoms with Crippen LogP contribution in [-0.2, 0) is 4.79 Å². The number of nitrogen functional groups attached to an aromatic ring is 1. The number of pyridine rings is 2. The topological polar surface area (TPSA) is 119 Å². The van der Waals surface area contributed by atoms with Gasteiger partial charge >= 0.3 is 5.97 Å². The second kappa shape index (κ2) is 8.85. The van der Waals surface area contributed by atoms with Gasteiger partial charge in [-0.25, -0.2) is 14.2 Å². The van der Waals surface area contributed by atoms with E-state index in [9.17, 15) is 9.18 Å². The Hall–Kier alpha value is -3.82. The fourth-order valence-corrected chi connectivity index (χ4v) is 4.67. The number of nitrogens with zero attached hydrogens (tertiary/aromatic N) is 5. The van der Waals surface area contributed by atoms with E-state index >= 15 is 0 Å². The van der Waals surface area contributed by atoms with Crippen LogP contribution in [0.4, 0.5) is 10.2 Å². The van der Waals surface area contributed by atoms with Gasteiger partial charge in [-0.3, -0.25) is 9.97 Å². The standard InChI is InChI=1S/C24H22BFN6O2/c25-19-21(14-6-4-13(5-7-14)20(26)24(33)34)31-23-16(12-30-32(23)22(19)27)15-8-9-18(29-11-15)17-3-1-2-10-28-17/h1-3,8-14,20H,4-7,27H2,(H,33,34). The molecule has 10 heteroatoms. The van der Waals surface area contributed by atoms with E-state index in [-0.39, 0.29) is 5.92 Å². The summed E-state index contributed by atoms with van der Waals surface area (Å²) in [7, 11) is 6.32. The van der Waals surface area contributed by atoms with Crippen LogP contribution in [0.5, 0.6) is 0 Å². The number of aromatic nitrogens is 5. The maximum Gasteiger partial charge on any atom is 0.338 e. The Labute approximate surface area is 196 Å².